The summed E-state index contributed by atoms with van der Waals surface area (Å²) in [7, 11) is 1.19. The number of halogens is 2. The smallest absolute Gasteiger partial charge is 0.336 e. The Hall–Kier alpha value is -2.08. The zero-order chi connectivity index (χ0) is 20.5. The number of carbonyl (C=O) groups is 2. The van der Waals surface area contributed by atoms with Crippen molar-refractivity contribution >= 4 is 23.5 Å². The van der Waals surface area contributed by atoms with Crippen LogP contribution in [0.4, 0.5) is 4.39 Å². The van der Waals surface area contributed by atoms with E-state index in [-0.39, 0.29) is 17.2 Å². The van der Waals surface area contributed by atoms with Gasteiger partial charge in [-0.3, -0.25) is 4.79 Å². The summed E-state index contributed by atoms with van der Waals surface area (Å²) in [5.41, 5.74) is 0.250. The number of carbonyl (C=O) groups excluding carboxylic acids is 1. The molecule has 2 N–H and O–H groups in total. The fraction of sp³-hybridized carbons (Fsp3) is 0.500. The lowest BCUT2D eigenvalue weighted by molar-refractivity contribution is -0.147. The molecule has 0 saturated heterocycles. The maximum absolute atomic E-state index is 13.9. The van der Waals surface area contributed by atoms with Crippen LogP contribution in [0.5, 0.6) is 0 Å². The first kappa shape index (κ1) is 21.2. The summed E-state index contributed by atoms with van der Waals surface area (Å²) in [5, 5.41) is 13.4. The van der Waals surface area contributed by atoms with Gasteiger partial charge in [-0.25, -0.2) is 9.18 Å². The minimum absolute atomic E-state index is 0.0262. The number of methoxy groups -OCH3 is 1. The highest BCUT2D eigenvalue weighted by Gasteiger charge is 2.54. The molecular formula is C20H25ClFNO4. The molecule has 27 heavy (non-hydrogen) atoms. The van der Waals surface area contributed by atoms with Crippen molar-refractivity contribution < 1.29 is 23.8 Å². The van der Waals surface area contributed by atoms with E-state index in [1.54, 1.807) is 32.0 Å². The summed E-state index contributed by atoms with van der Waals surface area (Å²) in [5.74, 6) is -4.02. The second-order valence-electron chi connectivity index (χ2n) is 7.34. The van der Waals surface area contributed by atoms with Gasteiger partial charge in [0, 0.05) is 10.9 Å². The van der Waals surface area contributed by atoms with Crippen LogP contribution in [0.2, 0.25) is 5.02 Å². The van der Waals surface area contributed by atoms with Crippen molar-refractivity contribution in [3.8, 4) is 0 Å². The molecule has 0 spiro atoms. The van der Waals surface area contributed by atoms with E-state index in [1.807, 2.05) is 13.8 Å². The molecule has 3 atom stereocenters. The molecule has 5 nitrogen and oxygen atoms in total. The number of alkyl halides is 1. The standard InChI is InChI=1S/C20H25ClFNO4/c1-10(2)20(4)17(18(24)25)16(14-11(3)7-6-8-12(14)21)15(19(26)27-5)13(9-22)23-20/h6-8,10,16-17,23H,9H2,1-5H3,(H,24,25). The Bertz CT molecular complexity index is 772. The lowest BCUT2D eigenvalue weighted by Crippen LogP contribution is -2.61. The number of aliphatic carboxylic acids is 1. The van der Waals surface area contributed by atoms with Crippen molar-refractivity contribution in [3.63, 3.8) is 0 Å². The zero-order valence-corrected chi connectivity index (χ0v) is 16.9. The summed E-state index contributed by atoms with van der Waals surface area (Å²) < 4.78 is 18.8. The number of benzene rings is 1. The fourth-order valence-corrected chi connectivity index (χ4v) is 4.23. The number of ether oxygens (including phenoxy) is 1. The maximum atomic E-state index is 13.9. The first-order valence-electron chi connectivity index (χ1n) is 8.73. The third-order valence-corrected chi connectivity index (χ3v) is 5.95. The Labute approximate surface area is 163 Å². The zero-order valence-electron chi connectivity index (χ0n) is 16.1. The van der Waals surface area contributed by atoms with Crippen LogP contribution in [0.25, 0.3) is 0 Å². The van der Waals surface area contributed by atoms with E-state index in [1.165, 1.54) is 7.11 Å². The van der Waals surface area contributed by atoms with E-state index in [0.717, 1.165) is 5.56 Å². The average Bonchev–Trinajstić information content (AvgIpc) is 2.59. The summed E-state index contributed by atoms with van der Waals surface area (Å²) in [6.07, 6.45) is 0. The first-order chi connectivity index (χ1) is 12.6. The lowest BCUT2D eigenvalue weighted by Gasteiger charge is -2.49. The van der Waals surface area contributed by atoms with Gasteiger partial charge in [0.1, 0.15) is 6.67 Å². The molecule has 0 bridgehead atoms. The van der Waals surface area contributed by atoms with Gasteiger partial charge in [0.05, 0.1) is 29.8 Å². The van der Waals surface area contributed by atoms with E-state index in [2.05, 4.69) is 5.32 Å². The molecule has 148 valence electrons. The van der Waals surface area contributed by atoms with E-state index < -0.39 is 36.0 Å². The number of esters is 1. The first-order valence-corrected chi connectivity index (χ1v) is 9.11. The molecule has 0 aliphatic carbocycles. The SMILES string of the molecule is COC(=O)C1=C(CF)NC(C)(C(C)C)C(C(=O)O)C1c1c(C)cccc1Cl. The molecule has 7 heteroatoms. The van der Waals surface area contributed by atoms with Crippen molar-refractivity contribution in [2.24, 2.45) is 11.8 Å². The quantitative estimate of drug-likeness (QED) is 0.738. The molecule has 1 aromatic rings. The number of rotatable bonds is 5. The normalized spacial score (nSPS) is 25.3. The largest absolute Gasteiger partial charge is 0.481 e. The van der Waals surface area contributed by atoms with Gasteiger partial charge in [0.25, 0.3) is 0 Å². The van der Waals surface area contributed by atoms with Crippen molar-refractivity contribution in [1.29, 1.82) is 0 Å². The number of hydrogen-bond donors (Lipinski definition) is 2. The van der Waals surface area contributed by atoms with Crippen LogP contribution in [0, 0.1) is 18.8 Å². The van der Waals surface area contributed by atoms with Crippen LogP contribution >= 0.6 is 11.6 Å². The molecule has 1 heterocycles. The minimum atomic E-state index is -1.10. The van der Waals surface area contributed by atoms with Crippen LogP contribution in [-0.4, -0.2) is 36.4 Å². The van der Waals surface area contributed by atoms with E-state index in [0.29, 0.717) is 10.6 Å². The monoisotopic (exact) mass is 397 g/mol. The highest BCUT2D eigenvalue weighted by Crippen LogP contribution is 2.49. The van der Waals surface area contributed by atoms with Crippen LogP contribution in [0.3, 0.4) is 0 Å². The number of nitrogens with one attached hydrogen (secondary N) is 1. The van der Waals surface area contributed by atoms with Crippen molar-refractivity contribution in [2.45, 2.75) is 39.2 Å². The molecule has 3 unspecified atom stereocenters. The highest BCUT2D eigenvalue weighted by molar-refractivity contribution is 6.31. The molecule has 0 radical (unpaired) electrons. The summed E-state index contributed by atoms with van der Waals surface area (Å²) in [6.45, 7) is 6.30. The van der Waals surface area contributed by atoms with Crippen molar-refractivity contribution in [3.05, 3.63) is 45.6 Å². The average molecular weight is 398 g/mol. The van der Waals surface area contributed by atoms with Crippen LogP contribution < -0.4 is 5.32 Å². The Kier molecular flexibility index (Phi) is 6.20. The van der Waals surface area contributed by atoms with Crippen molar-refractivity contribution in [2.75, 3.05) is 13.8 Å². The summed E-state index contributed by atoms with van der Waals surface area (Å²) >= 11 is 6.43. The predicted octanol–water partition coefficient (Wildman–Crippen LogP) is 3.85. The molecule has 2 rings (SSSR count). The van der Waals surface area contributed by atoms with Gasteiger partial charge >= 0.3 is 11.9 Å². The van der Waals surface area contributed by atoms with Gasteiger partial charge in [-0.1, -0.05) is 37.6 Å². The second kappa shape index (κ2) is 7.89. The third kappa shape index (κ3) is 3.55. The Balaban J connectivity index is 2.92. The van der Waals surface area contributed by atoms with Gasteiger partial charge in [-0.05, 0) is 37.0 Å². The third-order valence-electron chi connectivity index (χ3n) is 5.62. The number of hydrogen-bond acceptors (Lipinski definition) is 4. The molecule has 1 aliphatic rings. The number of carboxylic acids is 1. The molecule has 1 aromatic carbocycles. The van der Waals surface area contributed by atoms with Gasteiger partial charge in [-0.2, -0.15) is 0 Å². The predicted molar refractivity (Wildman–Crippen MR) is 101 cm³/mol. The second-order valence-corrected chi connectivity index (χ2v) is 7.75. The summed E-state index contributed by atoms with van der Waals surface area (Å²) in [6, 6.07) is 5.18. The van der Waals surface area contributed by atoms with Crippen LogP contribution in [0.15, 0.2) is 29.5 Å². The molecular weight excluding hydrogens is 373 g/mol. The number of carboxylic acid groups (broad SMARTS) is 1. The Morgan fingerprint density at radius 1 is 1.41 bits per heavy atom. The maximum Gasteiger partial charge on any atom is 0.336 e. The van der Waals surface area contributed by atoms with Crippen LogP contribution in [-0.2, 0) is 14.3 Å². The fourth-order valence-electron chi connectivity index (χ4n) is 3.89. The minimum Gasteiger partial charge on any atom is -0.481 e. The van der Waals surface area contributed by atoms with Crippen LogP contribution in [0.1, 0.15) is 37.8 Å². The number of aryl methyl sites for hydroxylation is 1. The molecule has 0 fully saturated rings. The molecule has 0 amide bonds. The van der Waals surface area contributed by atoms with E-state index in [4.69, 9.17) is 16.3 Å². The van der Waals surface area contributed by atoms with Gasteiger partial charge < -0.3 is 15.2 Å². The van der Waals surface area contributed by atoms with Gasteiger partial charge in [-0.15, -0.1) is 0 Å². The van der Waals surface area contributed by atoms with Gasteiger partial charge in [0.2, 0.25) is 0 Å². The summed E-state index contributed by atoms with van der Waals surface area (Å²) in [4.78, 5) is 24.9. The lowest BCUT2D eigenvalue weighted by atomic mass is 9.63. The molecule has 1 aliphatic heterocycles. The van der Waals surface area contributed by atoms with Crippen molar-refractivity contribution in [1.82, 2.24) is 5.32 Å². The highest BCUT2D eigenvalue weighted by atomic mass is 35.5. The Morgan fingerprint density at radius 2 is 2.04 bits per heavy atom. The van der Waals surface area contributed by atoms with Gasteiger partial charge in [0.15, 0.2) is 0 Å². The number of allylic oxidation sites excluding steroid dienone is 1. The van der Waals surface area contributed by atoms with E-state index >= 15 is 0 Å². The topological polar surface area (TPSA) is 75.6 Å². The molecule has 0 saturated carbocycles. The molecule has 0 aromatic heterocycles. The Morgan fingerprint density at radius 3 is 2.48 bits per heavy atom. The van der Waals surface area contributed by atoms with E-state index in [9.17, 15) is 19.1 Å².